The monoisotopic (exact) mass is 402 g/mol. The molecule has 6 heteroatoms. The van der Waals surface area contributed by atoms with Crippen molar-refractivity contribution in [3.05, 3.63) is 64.8 Å². The summed E-state index contributed by atoms with van der Waals surface area (Å²) in [6.07, 6.45) is 4.85. The van der Waals surface area contributed by atoms with E-state index in [4.69, 9.17) is 4.99 Å². The second-order valence-corrected chi connectivity index (χ2v) is 8.46. The van der Waals surface area contributed by atoms with E-state index in [1.54, 1.807) is 23.5 Å². The van der Waals surface area contributed by atoms with Gasteiger partial charge in [0.15, 0.2) is 4.80 Å². The Morgan fingerprint density at radius 2 is 1.70 bits per heavy atom. The van der Waals surface area contributed by atoms with Gasteiger partial charge in [0.2, 0.25) is 0 Å². The highest BCUT2D eigenvalue weighted by molar-refractivity contribution is 7.99. The standard InChI is InChI=1S/C21H20F2N2S2/c22-20(23)27-18-12-10-16(11-13-18)24-21-25(17-8-4-5-9-17)19(14-26-21)15-6-2-1-3-7-15/h1-3,6-7,10-14,17,20H,4-5,8-9H2. The lowest BCUT2D eigenvalue weighted by molar-refractivity contribution is 0.252. The fourth-order valence-corrected chi connectivity index (χ4v) is 5.03. The molecule has 0 bridgehead atoms. The zero-order valence-electron chi connectivity index (χ0n) is 14.7. The normalized spacial score (nSPS) is 15.7. The molecular formula is C21H20F2N2S2. The van der Waals surface area contributed by atoms with Gasteiger partial charge in [0.25, 0.3) is 5.76 Å². The molecule has 27 heavy (non-hydrogen) atoms. The average molecular weight is 403 g/mol. The predicted octanol–water partition coefficient (Wildman–Crippen LogP) is 6.88. The predicted molar refractivity (Wildman–Crippen MR) is 109 cm³/mol. The van der Waals surface area contributed by atoms with E-state index in [9.17, 15) is 8.78 Å². The van der Waals surface area contributed by atoms with Crippen LogP contribution in [0.1, 0.15) is 31.7 Å². The molecule has 0 spiro atoms. The Labute approximate surface area is 165 Å². The van der Waals surface area contributed by atoms with Crippen molar-refractivity contribution >= 4 is 28.8 Å². The Hall–Kier alpha value is -1.92. The Morgan fingerprint density at radius 1 is 1.00 bits per heavy atom. The van der Waals surface area contributed by atoms with Gasteiger partial charge in [0.05, 0.1) is 11.4 Å². The van der Waals surface area contributed by atoms with E-state index in [0.717, 1.165) is 10.5 Å². The van der Waals surface area contributed by atoms with Crippen LogP contribution in [0.2, 0.25) is 0 Å². The SMILES string of the molecule is FC(F)Sc1ccc(N=c2scc(-c3ccccc3)n2C2CCCC2)cc1. The minimum absolute atomic E-state index is 0.471. The third kappa shape index (κ3) is 4.33. The lowest BCUT2D eigenvalue weighted by Gasteiger charge is -2.16. The van der Waals surface area contributed by atoms with Crippen LogP contribution in [0.15, 0.2) is 69.9 Å². The Bertz CT molecular complexity index is 940. The van der Waals surface area contributed by atoms with E-state index >= 15 is 0 Å². The van der Waals surface area contributed by atoms with Crippen LogP contribution >= 0.6 is 23.1 Å². The smallest absolute Gasteiger partial charge is 0.288 e. The molecule has 1 heterocycles. The molecule has 1 fully saturated rings. The molecule has 3 aromatic rings. The Morgan fingerprint density at radius 3 is 2.37 bits per heavy atom. The summed E-state index contributed by atoms with van der Waals surface area (Å²) >= 11 is 2.20. The molecule has 1 aliphatic rings. The molecular weight excluding hydrogens is 382 g/mol. The zero-order valence-corrected chi connectivity index (χ0v) is 16.4. The maximum absolute atomic E-state index is 12.5. The maximum atomic E-state index is 12.5. The van der Waals surface area contributed by atoms with Crippen molar-refractivity contribution in [3.8, 4) is 11.3 Å². The van der Waals surface area contributed by atoms with Crippen molar-refractivity contribution in [2.45, 2.75) is 42.4 Å². The van der Waals surface area contributed by atoms with Gasteiger partial charge in [0.1, 0.15) is 0 Å². The Kier molecular flexibility index (Phi) is 5.74. The number of benzene rings is 2. The van der Waals surface area contributed by atoms with Crippen LogP contribution < -0.4 is 4.80 Å². The number of alkyl halides is 2. The van der Waals surface area contributed by atoms with Crippen LogP contribution in [0.4, 0.5) is 14.5 Å². The van der Waals surface area contributed by atoms with Crippen LogP contribution in [0, 0.1) is 0 Å². The molecule has 0 saturated heterocycles. The highest BCUT2D eigenvalue weighted by Crippen LogP contribution is 2.33. The number of thiazole rings is 1. The third-order valence-electron chi connectivity index (χ3n) is 4.79. The quantitative estimate of drug-likeness (QED) is 0.425. The van der Waals surface area contributed by atoms with Crippen molar-refractivity contribution < 1.29 is 8.78 Å². The van der Waals surface area contributed by atoms with Crippen molar-refractivity contribution in [3.63, 3.8) is 0 Å². The Balaban J connectivity index is 1.74. The van der Waals surface area contributed by atoms with E-state index in [1.807, 2.05) is 18.2 Å². The first kappa shape index (κ1) is 18.4. The summed E-state index contributed by atoms with van der Waals surface area (Å²) in [5.74, 6) is -2.40. The second kappa shape index (κ2) is 8.40. The average Bonchev–Trinajstić information content (AvgIpc) is 3.33. The maximum Gasteiger partial charge on any atom is 0.288 e. The van der Waals surface area contributed by atoms with Crippen molar-refractivity contribution in [1.82, 2.24) is 4.57 Å². The first-order valence-electron chi connectivity index (χ1n) is 9.06. The lowest BCUT2D eigenvalue weighted by Crippen LogP contribution is -2.19. The number of halogens is 2. The lowest BCUT2D eigenvalue weighted by atomic mass is 10.1. The zero-order chi connectivity index (χ0) is 18.6. The van der Waals surface area contributed by atoms with Gasteiger partial charge in [-0.3, -0.25) is 0 Å². The molecule has 0 N–H and O–H groups in total. The molecule has 1 aromatic heterocycles. The fraction of sp³-hybridized carbons (Fsp3) is 0.286. The molecule has 1 saturated carbocycles. The van der Waals surface area contributed by atoms with Gasteiger partial charge >= 0.3 is 0 Å². The van der Waals surface area contributed by atoms with E-state index in [1.165, 1.54) is 36.9 Å². The molecule has 0 amide bonds. The van der Waals surface area contributed by atoms with Gasteiger partial charge < -0.3 is 4.57 Å². The molecule has 0 unspecified atom stereocenters. The highest BCUT2D eigenvalue weighted by atomic mass is 32.2. The van der Waals surface area contributed by atoms with Crippen molar-refractivity contribution in [2.75, 3.05) is 0 Å². The van der Waals surface area contributed by atoms with Gasteiger partial charge in [-0.05, 0) is 42.7 Å². The van der Waals surface area contributed by atoms with Crippen molar-refractivity contribution in [1.29, 1.82) is 0 Å². The van der Waals surface area contributed by atoms with Gasteiger partial charge in [-0.1, -0.05) is 54.9 Å². The summed E-state index contributed by atoms with van der Waals surface area (Å²) in [6.45, 7) is 0. The number of rotatable bonds is 5. The molecule has 1 aliphatic carbocycles. The third-order valence-corrected chi connectivity index (χ3v) is 6.35. The van der Waals surface area contributed by atoms with Crippen LogP contribution in [0.5, 0.6) is 0 Å². The van der Waals surface area contributed by atoms with E-state index in [0.29, 0.717) is 22.7 Å². The van der Waals surface area contributed by atoms with Gasteiger partial charge in [-0.25, -0.2) is 4.99 Å². The topological polar surface area (TPSA) is 17.3 Å². The molecule has 2 nitrogen and oxygen atoms in total. The summed E-state index contributed by atoms with van der Waals surface area (Å²) < 4.78 is 27.4. The minimum Gasteiger partial charge on any atom is -0.313 e. The highest BCUT2D eigenvalue weighted by Gasteiger charge is 2.21. The molecule has 140 valence electrons. The fourth-order valence-electron chi connectivity index (χ4n) is 3.55. The number of hydrogen-bond donors (Lipinski definition) is 0. The summed E-state index contributed by atoms with van der Waals surface area (Å²) in [7, 11) is 0. The number of nitrogens with zero attached hydrogens (tertiary/aromatic N) is 2. The number of thioether (sulfide) groups is 1. The largest absolute Gasteiger partial charge is 0.313 e. The second-order valence-electron chi connectivity index (χ2n) is 6.56. The molecule has 2 aromatic carbocycles. The van der Waals surface area contributed by atoms with E-state index in [-0.39, 0.29) is 0 Å². The van der Waals surface area contributed by atoms with E-state index in [2.05, 4.69) is 34.2 Å². The van der Waals surface area contributed by atoms with Crippen LogP contribution in [0.25, 0.3) is 11.3 Å². The summed E-state index contributed by atoms with van der Waals surface area (Å²) in [4.78, 5) is 6.36. The first-order valence-corrected chi connectivity index (χ1v) is 10.8. The van der Waals surface area contributed by atoms with Crippen LogP contribution in [-0.2, 0) is 0 Å². The van der Waals surface area contributed by atoms with Gasteiger partial charge in [0, 0.05) is 16.3 Å². The minimum atomic E-state index is -2.40. The van der Waals surface area contributed by atoms with Gasteiger partial charge in [-0.2, -0.15) is 8.78 Å². The molecule has 0 aliphatic heterocycles. The van der Waals surface area contributed by atoms with Crippen LogP contribution in [-0.4, -0.2) is 10.3 Å². The number of hydrogen-bond acceptors (Lipinski definition) is 3. The summed E-state index contributed by atoms with van der Waals surface area (Å²) in [5, 5.41) is 2.17. The molecule has 0 atom stereocenters. The van der Waals surface area contributed by atoms with Crippen molar-refractivity contribution in [2.24, 2.45) is 4.99 Å². The van der Waals surface area contributed by atoms with Gasteiger partial charge in [-0.15, -0.1) is 11.3 Å². The molecule has 4 rings (SSSR count). The summed E-state index contributed by atoms with van der Waals surface area (Å²) in [6, 6.07) is 17.9. The van der Waals surface area contributed by atoms with E-state index < -0.39 is 5.76 Å². The first-order chi connectivity index (χ1) is 13.2. The molecule has 0 radical (unpaired) electrons. The number of aromatic nitrogens is 1. The summed E-state index contributed by atoms with van der Waals surface area (Å²) in [5.41, 5.74) is 3.20. The van der Waals surface area contributed by atoms with Crippen LogP contribution in [0.3, 0.4) is 0 Å².